The first-order chi connectivity index (χ1) is 13.7. The fourth-order valence-electron chi connectivity index (χ4n) is 4.01. The number of piperidine rings is 1. The molecule has 152 valence electrons. The third-order valence-electron chi connectivity index (χ3n) is 5.30. The number of carbonyl (C=O) groups excluding carboxylic acids is 1. The molecule has 1 saturated heterocycles. The molecule has 3 aromatic rings. The molecule has 5 nitrogen and oxygen atoms in total. The second-order valence-electron chi connectivity index (χ2n) is 7.67. The molecule has 1 amide bonds. The number of likely N-dealkylation sites (tertiary alicyclic amines) is 1. The second-order valence-corrected chi connectivity index (χ2v) is 7.67. The minimum absolute atomic E-state index is 0.0636. The maximum Gasteiger partial charge on any atom is 0.417 e. The van der Waals surface area contributed by atoms with Crippen LogP contribution < -0.4 is 0 Å². The number of aryl methyl sites for hydroxylation is 2. The van der Waals surface area contributed by atoms with E-state index < -0.39 is 11.7 Å². The number of alkyl halides is 3. The van der Waals surface area contributed by atoms with Crippen LogP contribution in [0, 0.1) is 13.8 Å². The third-order valence-corrected chi connectivity index (χ3v) is 5.30. The molecule has 0 saturated carbocycles. The highest BCUT2D eigenvalue weighted by atomic mass is 19.4. The van der Waals surface area contributed by atoms with Gasteiger partial charge in [0.2, 0.25) is 0 Å². The van der Waals surface area contributed by atoms with E-state index in [0.29, 0.717) is 30.1 Å². The number of hydrogen-bond acceptors (Lipinski definition) is 3. The number of nitrogens with zero attached hydrogens (tertiary/aromatic N) is 4. The van der Waals surface area contributed by atoms with Crippen molar-refractivity contribution >= 4 is 11.6 Å². The SMILES string of the molecule is Cc1cc(C)cc(C(=O)N2CCCC(c3nnc4ccc(C(F)(F)F)cn34)C2)c1. The molecular weight excluding hydrogens is 381 g/mol. The number of hydrogen-bond donors (Lipinski definition) is 0. The molecule has 8 heteroatoms. The third kappa shape index (κ3) is 3.83. The number of halogens is 3. The van der Waals surface area contributed by atoms with E-state index in [-0.39, 0.29) is 11.8 Å². The van der Waals surface area contributed by atoms with Crippen molar-refractivity contribution < 1.29 is 18.0 Å². The molecule has 1 aliphatic heterocycles. The number of rotatable bonds is 2. The van der Waals surface area contributed by atoms with Crippen molar-refractivity contribution in [2.45, 2.75) is 38.8 Å². The van der Waals surface area contributed by atoms with E-state index in [4.69, 9.17) is 0 Å². The molecule has 3 heterocycles. The number of fused-ring (bicyclic) bond motifs is 1. The van der Waals surface area contributed by atoms with E-state index >= 15 is 0 Å². The molecule has 0 N–H and O–H groups in total. The first-order valence-electron chi connectivity index (χ1n) is 9.52. The number of benzene rings is 1. The van der Waals surface area contributed by atoms with Crippen LogP contribution in [0.5, 0.6) is 0 Å². The van der Waals surface area contributed by atoms with E-state index in [2.05, 4.69) is 10.2 Å². The van der Waals surface area contributed by atoms with Crippen LogP contribution in [0.3, 0.4) is 0 Å². The van der Waals surface area contributed by atoms with Crippen LogP contribution in [-0.2, 0) is 6.18 Å². The number of aromatic nitrogens is 3. The van der Waals surface area contributed by atoms with Crippen LogP contribution in [0.4, 0.5) is 13.2 Å². The smallest absolute Gasteiger partial charge is 0.338 e. The van der Waals surface area contributed by atoms with Crippen molar-refractivity contribution in [2.75, 3.05) is 13.1 Å². The summed E-state index contributed by atoms with van der Waals surface area (Å²) < 4.78 is 40.7. The highest BCUT2D eigenvalue weighted by molar-refractivity contribution is 5.94. The summed E-state index contributed by atoms with van der Waals surface area (Å²) in [4.78, 5) is 14.8. The van der Waals surface area contributed by atoms with Crippen molar-refractivity contribution in [1.29, 1.82) is 0 Å². The molecular formula is C21H21F3N4O. The minimum atomic E-state index is -4.44. The van der Waals surface area contributed by atoms with Gasteiger partial charge in [-0.15, -0.1) is 10.2 Å². The standard InChI is InChI=1S/C21H21F3N4O/c1-13-8-14(2)10-16(9-13)20(29)27-7-3-4-15(11-27)19-26-25-18-6-5-17(12-28(18)19)21(22,23)24/h5-6,8-10,12,15H,3-4,7,11H2,1-2H3. The normalized spacial score (nSPS) is 17.7. The lowest BCUT2D eigenvalue weighted by Crippen LogP contribution is -2.39. The Balaban J connectivity index is 1.62. The molecule has 1 aliphatic rings. The first-order valence-corrected chi connectivity index (χ1v) is 9.52. The summed E-state index contributed by atoms with van der Waals surface area (Å²) in [7, 11) is 0. The van der Waals surface area contributed by atoms with Gasteiger partial charge < -0.3 is 4.90 Å². The Hall–Kier alpha value is -2.90. The van der Waals surface area contributed by atoms with E-state index in [1.165, 1.54) is 10.5 Å². The predicted molar refractivity (Wildman–Crippen MR) is 102 cm³/mol. The van der Waals surface area contributed by atoms with E-state index in [1.54, 1.807) is 4.90 Å². The summed E-state index contributed by atoms with van der Waals surface area (Å²) in [5.74, 6) is 0.229. The van der Waals surface area contributed by atoms with Crippen LogP contribution >= 0.6 is 0 Å². The van der Waals surface area contributed by atoms with Gasteiger partial charge in [-0.2, -0.15) is 13.2 Å². The minimum Gasteiger partial charge on any atom is -0.338 e. The molecule has 0 spiro atoms. The molecule has 4 rings (SSSR count). The van der Waals surface area contributed by atoms with Crippen molar-refractivity contribution in [3.8, 4) is 0 Å². The van der Waals surface area contributed by atoms with Crippen molar-refractivity contribution in [3.63, 3.8) is 0 Å². The van der Waals surface area contributed by atoms with E-state index in [1.807, 2.05) is 32.0 Å². The summed E-state index contributed by atoms with van der Waals surface area (Å²) in [5.41, 5.74) is 2.29. The van der Waals surface area contributed by atoms with Gasteiger partial charge in [0.25, 0.3) is 5.91 Å². The molecule has 0 aliphatic carbocycles. The fourth-order valence-corrected chi connectivity index (χ4v) is 4.01. The van der Waals surface area contributed by atoms with Crippen molar-refractivity contribution in [1.82, 2.24) is 19.5 Å². The summed E-state index contributed by atoms with van der Waals surface area (Å²) in [6.45, 7) is 4.92. The van der Waals surface area contributed by atoms with Gasteiger partial charge in [-0.3, -0.25) is 9.20 Å². The van der Waals surface area contributed by atoms with E-state index in [9.17, 15) is 18.0 Å². The lowest BCUT2D eigenvalue weighted by molar-refractivity contribution is -0.137. The van der Waals surface area contributed by atoms with Gasteiger partial charge in [0, 0.05) is 30.8 Å². The molecule has 1 aromatic carbocycles. The van der Waals surface area contributed by atoms with Gasteiger partial charge in [0.15, 0.2) is 5.65 Å². The van der Waals surface area contributed by atoms with Crippen LogP contribution in [-0.4, -0.2) is 38.5 Å². The van der Waals surface area contributed by atoms with Gasteiger partial charge in [0.05, 0.1) is 5.56 Å². The van der Waals surface area contributed by atoms with Gasteiger partial charge in [-0.05, 0) is 51.0 Å². The monoisotopic (exact) mass is 402 g/mol. The molecule has 1 unspecified atom stereocenters. The summed E-state index contributed by atoms with van der Waals surface area (Å²) >= 11 is 0. The average molecular weight is 402 g/mol. The largest absolute Gasteiger partial charge is 0.417 e. The van der Waals surface area contributed by atoms with E-state index in [0.717, 1.165) is 36.2 Å². The van der Waals surface area contributed by atoms with Crippen molar-refractivity contribution in [2.24, 2.45) is 0 Å². The maximum absolute atomic E-state index is 13.1. The zero-order chi connectivity index (χ0) is 20.8. The number of pyridine rings is 1. The summed E-state index contributed by atoms with van der Waals surface area (Å²) in [6.07, 6.45) is -1.90. The Morgan fingerprint density at radius 2 is 1.83 bits per heavy atom. The molecule has 1 atom stereocenters. The molecule has 0 bridgehead atoms. The summed E-state index contributed by atoms with van der Waals surface area (Å²) in [5, 5.41) is 8.15. The lowest BCUT2D eigenvalue weighted by atomic mass is 9.96. The topological polar surface area (TPSA) is 50.5 Å². The van der Waals surface area contributed by atoms with Crippen LogP contribution in [0.25, 0.3) is 5.65 Å². The molecule has 0 radical (unpaired) electrons. The van der Waals surface area contributed by atoms with Gasteiger partial charge in [0.1, 0.15) is 5.82 Å². The molecule has 29 heavy (non-hydrogen) atoms. The maximum atomic E-state index is 13.1. The Labute approximate surface area is 166 Å². The number of carbonyl (C=O) groups is 1. The molecule has 2 aromatic heterocycles. The predicted octanol–water partition coefficient (Wildman–Crippen LogP) is 4.38. The highest BCUT2D eigenvalue weighted by Crippen LogP contribution is 2.31. The molecule has 1 fully saturated rings. The van der Waals surface area contributed by atoms with Gasteiger partial charge in [-0.1, -0.05) is 17.2 Å². The van der Waals surface area contributed by atoms with Crippen LogP contribution in [0.1, 0.15) is 51.6 Å². The van der Waals surface area contributed by atoms with Crippen LogP contribution in [0.2, 0.25) is 0 Å². The van der Waals surface area contributed by atoms with Crippen LogP contribution in [0.15, 0.2) is 36.5 Å². The highest BCUT2D eigenvalue weighted by Gasteiger charge is 2.33. The Morgan fingerprint density at radius 1 is 1.10 bits per heavy atom. The summed E-state index contributed by atoms with van der Waals surface area (Å²) in [6, 6.07) is 8.06. The first kappa shape index (κ1) is 19.4. The second kappa shape index (κ2) is 7.17. The zero-order valence-corrected chi connectivity index (χ0v) is 16.2. The van der Waals surface area contributed by atoms with Gasteiger partial charge in [-0.25, -0.2) is 0 Å². The fraction of sp³-hybridized carbons (Fsp3) is 0.381. The number of amides is 1. The van der Waals surface area contributed by atoms with Crippen molar-refractivity contribution in [3.05, 3.63) is 64.6 Å². The lowest BCUT2D eigenvalue weighted by Gasteiger charge is -2.32. The van der Waals surface area contributed by atoms with Gasteiger partial charge >= 0.3 is 6.18 Å². The average Bonchev–Trinajstić information content (AvgIpc) is 3.09. The Bertz CT molecular complexity index is 1050. The zero-order valence-electron chi connectivity index (χ0n) is 16.2. The Kier molecular flexibility index (Phi) is 4.80. The Morgan fingerprint density at radius 3 is 2.52 bits per heavy atom. The quantitative estimate of drug-likeness (QED) is 0.639.